The van der Waals surface area contributed by atoms with Crippen LogP contribution in [0.4, 0.5) is 0 Å². The lowest BCUT2D eigenvalue weighted by atomic mass is 10.1. The molecule has 0 heterocycles. The second-order valence-corrected chi connectivity index (χ2v) is 3.81. The van der Waals surface area contributed by atoms with Crippen LogP contribution in [0.25, 0.3) is 0 Å². The lowest BCUT2D eigenvalue weighted by molar-refractivity contribution is 0.296. The molecule has 15 heavy (non-hydrogen) atoms. The van der Waals surface area contributed by atoms with Gasteiger partial charge >= 0.3 is 0 Å². The number of rotatable bonds is 6. The lowest BCUT2D eigenvalue weighted by Gasteiger charge is -2.18. The van der Waals surface area contributed by atoms with Gasteiger partial charge in [0.05, 0.1) is 0 Å². The van der Waals surface area contributed by atoms with E-state index in [2.05, 4.69) is 48.3 Å². The third kappa shape index (κ3) is 4.02. The first-order valence-electron chi connectivity index (χ1n) is 5.74. The molecule has 1 aromatic carbocycles. The van der Waals surface area contributed by atoms with Gasteiger partial charge in [-0.05, 0) is 31.3 Å². The van der Waals surface area contributed by atoms with E-state index in [0.717, 1.165) is 26.2 Å². The van der Waals surface area contributed by atoms with Crippen LogP contribution >= 0.6 is 0 Å². The van der Waals surface area contributed by atoms with Gasteiger partial charge < -0.3 is 5.32 Å². The maximum atomic E-state index is 3.18. The Morgan fingerprint density at radius 1 is 1.13 bits per heavy atom. The fourth-order valence-electron chi connectivity index (χ4n) is 1.75. The molecule has 0 radical (unpaired) electrons. The summed E-state index contributed by atoms with van der Waals surface area (Å²) in [7, 11) is 1.98. The standard InChI is InChI=1S/C13H22N2/c1-4-15(5-2)11-13-8-6-7-12(9-13)10-14-3/h6-9,14H,4-5,10-11H2,1-3H3. The molecular weight excluding hydrogens is 184 g/mol. The molecule has 0 atom stereocenters. The molecule has 0 unspecified atom stereocenters. The van der Waals surface area contributed by atoms with Crippen LogP contribution in [0.5, 0.6) is 0 Å². The third-order valence-corrected chi connectivity index (χ3v) is 2.67. The summed E-state index contributed by atoms with van der Waals surface area (Å²) in [6.07, 6.45) is 0. The van der Waals surface area contributed by atoms with Crippen LogP contribution in [-0.4, -0.2) is 25.0 Å². The highest BCUT2D eigenvalue weighted by Crippen LogP contribution is 2.08. The quantitative estimate of drug-likeness (QED) is 0.768. The summed E-state index contributed by atoms with van der Waals surface area (Å²) >= 11 is 0. The first-order chi connectivity index (χ1) is 7.30. The van der Waals surface area contributed by atoms with Gasteiger partial charge in [0.25, 0.3) is 0 Å². The summed E-state index contributed by atoms with van der Waals surface area (Å²) in [6, 6.07) is 8.81. The van der Waals surface area contributed by atoms with E-state index in [9.17, 15) is 0 Å². The summed E-state index contributed by atoms with van der Waals surface area (Å²) in [5.41, 5.74) is 2.77. The molecule has 0 saturated heterocycles. The van der Waals surface area contributed by atoms with Crippen molar-refractivity contribution in [2.45, 2.75) is 26.9 Å². The number of hydrogen-bond acceptors (Lipinski definition) is 2. The zero-order valence-corrected chi connectivity index (χ0v) is 10.1. The van der Waals surface area contributed by atoms with E-state index in [1.54, 1.807) is 0 Å². The first kappa shape index (κ1) is 12.2. The molecule has 0 fully saturated rings. The maximum Gasteiger partial charge on any atom is 0.0233 e. The van der Waals surface area contributed by atoms with Gasteiger partial charge in [-0.1, -0.05) is 38.1 Å². The Kier molecular flexibility index (Phi) is 5.37. The van der Waals surface area contributed by atoms with Crippen molar-refractivity contribution in [3.8, 4) is 0 Å². The summed E-state index contributed by atoms with van der Waals surface area (Å²) < 4.78 is 0. The monoisotopic (exact) mass is 206 g/mol. The van der Waals surface area contributed by atoms with Crippen molar-refractivity contribution in [1.82, 2.24) is 10.2 Å². The molecule has 1 aromatic rings. The van der Waals surface area contributed by atoms with Crippen LogP contribution in [0.2, 0.25) is 0 Å². The van der Waals surface area contributed by atoms with E-state index in [1.807, 2.05) is 7.05 Å². The SMILES string of the molecule is CCN(CC)Cc1cccc(CNC)c1. The van der Waals surface area contributed by atoms with Crippen molar-refractivity contribution in [2.24, 2.45) is 0 Å². The predicted octanol–water partition coefficient (Wildman–Crippen LogP) is 2.25. The van der Waals surface area contributed by atoms with E-state index >= 15 is 0 Å². The fraction of sp³-hybridized carbons (Fsp3) is 0.538. The molecule has 2 nitrogen and oxygen atoms in total. The molecule has 0 amide bonds. The topological polar surface area (TPSA) is 15.3 Å². The van der Waals surface area contributed by atoms with Crippen molar-refractivity contribution < 1.29 is 0 Å². The molecule has 0 aliphatic rings. The first-order valence-corrected chi connectivity index (χ1v) is 5.74. The van der Waals surface area contributed by atoms with Crippen molar-refractivity contribution >= 4 is 0 Å². The second kappa shape index (κ2) is 6.59. The Balaban J connectivity index is 2.64. The molecule has 0 aromatic heterocycles. The molecule has 1 N–H and O–H groups in total. The van der Waals surface area contributed by atoms with Gasteiger partial charge in [-0.25, -0.2) is 0 Å². The highest BCUT2D eigenvalue weighted by atomic mass is 15.1. The Labute approximate surface area is 93.3 Å². The molecule has 0 saturated carbocycles. The van der Waals surface area contributed by atoms with Crippen molar-refractivity contribution in [2.75, 3.05) is 20.1 Å². The van der Waals surface area contributed by atoms with Gasteiger partial charge in [-0.15, -0.1) is 0 Å². The van der Waals surface area contributed by atoms with Gasteiger partial charge in [-0.2, -0.15) is 0 Å². The van der Waals surface area contributed by atoms with Crippen molar-refractivity contribution in [3.05, 3.63) is 35.4 Å². The minimum atomic E-state index is 0.950. The molecular formula is C13H22N2. The average molecular weight is 206 g/mol. The highest BCUT2D eigenvalue weighted by Gasteiger charge is 2.01. The van der Waals surface area contributed by atoms with Crippen molar-refractivity contribution in [1.29, 1.82) is 0 Å². The third-order valence-electron chi connectivity index (χ3n) is 2.67. The average Bonchev–Trinajstić information content (AvgIpc) is 2.27. The molecule has 0 bridgehead atoms. The van der Waals surface area contributed by atoms with Crippen LogP contribution in [-0.2, 0) is 13.1 Å². The predicted molar refractivity (Wildman–Crippen MR) is 65.8 cm³/mol. The van der Waals surface area contributed by atoms with Crippen LogP contribution in [0.1, 0.15) is 25.0 Å². The van der Waals surface area contributed by atoms with Crippen LogP contribution in [0, 0.1) is 0 Å². The summed E-state index contributed by atoms with van der Waals surface area (Å²) in [4.78, 5) is 2.43. The zero-order valence-electron chi connectivity index (χ0n) is 10.1. The summed E-state index contributed by atoms with van der Waals surface area (Å²) in [5, 5.41) is 3.18. The van der Waals surface area contributed by atoms with Crippen LogP contribution in [0.15, 0.2) is 24.3 Å². The Morgan fingerprint density at radius 3 is 2.40 bits per heavy atom. The van der Waals surface area contributed by atoms with Gasteiger partial charge in [0.2, 0.25) is 0 Å². The maximum absolute atomic E-state index is 3.18. The van der Waals surface area contributed by atoms with E-state index in [4.69, 9.17) is 0 Å². The number of benzene rings is 1. The number of hydrogen-bond donors (Lipinski definition) is 1. The molecule has 0 aliphatic heterocycles. The molecule has 1 rings (SSSR count). The highest BCUT2D eigenvalue weighted by molar-refractivity contribution is 5.23. The zero-order chi connectivity index (χ0) is 11.1. The van der Waals surface area contributed by atoms with Gasteiger partial charge in [0.1, 0.15) is 0 Å². The van der Waals surface area contributed by atoms with E-state index in [1.165, 1.54) is 11.1 Å². The van der Waals surface area contributed by atoms with E-state index in [0.29, 0.717) is 0 Å². The smallest absolute Gasteiger partial charge is 0.0233 e. The fourth-order valence-corrected chi connectivity index (χ4v) is 1.75. The minimum absolute atomic E-state index is 0.950. The molecule has 84 valence electrons. The second-order valence-electron chi connectivity index (χ2n) is 3.81. The Hall–Kier alpha value is -0.860. The summed E-state index contributed by atoms with van der Waals surface area (Å²) in [5.74, 6) is 0. The number of nitrogens with zero attached hydrogens (tertiary/aromatic N) is 1. The molecule has 2 heteroatoms. The van der Waals surface area contributed by atoms with Gasteiger partial charge in [-0.3, -0.25) is 4.90 Å². The minimum Gasteiger partial charge on any atom is -0.316 e. The van der Waals surface area contributed by atoms with E-state index in [-0.39, 0.29) is 0 Å². The van der Waals surface area contributed by atoms with Crippen LogP contribution in [0.3, 0.4) is 0 Å². The normalized spacial score (nSPS) is 10.9. The molecule has 0 aliphatic carbocycles. The number of nitrogens with one attached hydrogen (secondary N) is 1. The Morgan fingerprint density at radius 2 is 1.80 bits per heavy atom. The van der Waals surface area contributed by atoms with Gasteiger partial charge in [0, 0.05) is 13.1 Å². The Bertz CT molecular complexity index is 280. The molecule has 0 spiro atoms. The largest absolute Gasteiger partial charge is 0.316 e. The summed E-state index contributed by atoms with van der Waals surface area (Å²) in [6.45, 7) is 8.66. The van der Waals surface area contributed by atoms with E-state index < -0.39 is 0 Å². The van der Waals surface area contributed by atoms with Crippen molar-refractivity contribution in [3.63, 3.8) is 0 Å². The lowest BCUT2D eigenvalue weighted by Crippen LogP contribution is -2.22. The van der Waals surface area contributed by atoms with Crippen LogP contribution < -0.4 is 5.32 Å². The van der Waals surface area contributed by atoms with Gasteiger partial charge in [0.15, 0.2) is 0 Å².